The van der Waals surface area contributed by atoms with Gasteiger partial charge in [-0.3, -0.25) is 9.59 Å². The average molecular weight is 340 g/mol. The molecule has 0 spiro atoms. The summed E-state index contributed by atoms with van der Waals surface area (Å²) < 4.78 is 10.4. The van der Waals surface area contributed by atoms with Crippen molar-refractivity contribution >= 4 is 23.2 Å². The molecule has 0 atom stereocenters. The molecule has 6 nitrogen and oxygen atoms in total. The first-order chi connectivity index (χ1) is 12.1. The number of hydrogen-bond acceptors (Lipinski definition) is 4. The van der Waals surface area contributed by atoms with Crippen LogP contribution in [0.3, 0.4) is 0 Å². The fraction of sp³-hybridized carbons (Fsp3) is 0.263. The van der Waals surface area contributed by atoms with Gasteiger partial charge in [0.2, 0.25) is 5.91 Å². The second-order valence-electron chi connectivity index (χ2n) is 5.86. The van der Waals surface area contributed by atoms with Gasteiger partial charge in [-0.25, -0.2) is 0 Å². The predicted molar refractivity (Wildman–Crippen MR) is 95.3 cm³/mol. The molecule has 2 aromatic rings. The number of carbonyl (C=O) groups excluding carboxylic acids is 2. The topological polar surface area (TPSA) is 76.7 Å². The molecule has 2 aromatic carbocycles. The zero-order valence-corrected chi connectivity index (χ0v) is 14.2. The smallest absolute Gasteiger partial charge is 0.259 e. The van der Waals surface area contributed by atoms with Crippen molar-refractivity contribution < 1.29 is 19.1 Å². The van der Waals surface area contributed by atoms with Gasteiger partial charge in [0.25, 0.3) is 5.91 Å². The number of hydrogen-bond donors (Lipinski definition) is 2. The SMILES string of the molecule is COc1ccc(C(=O)Nc2cccc(NC(=O)C3CC3)c2)c(OC)c1. The van der Waals surface area contributed by atoms with Crippen LogP contribution in [-0.2, 0) is 4.79 Å². The first-order valence-electron chi connectivity index (χ1n) is 8.05. The number of methoxy groups -OCH3 is 2. The van der Waals surface area contributed by atoms with Gasteiger partial charge < -0.3 is 20.1 Å². The highest BCUT2D eigenvalue weighted by atomic mass is 16.5. The average Bonchev–Trinajstić information content (AvgIpc) is 3.46. The highest BCUT2D eigenvalue weighted by Crippen LogP contribution is 2.30. The van der Waals surface area contributed by atoms with Gasteiger partial charge in [0.1, 0.15) is 11.5 Å². The van der Waals surface area contributed by atoms with Crippen LogP contribution in [0, 0.1) is 5.92 Å². The summed E-state index contributed by atoms with van der Waals surface area (Å²) in [5.74, 6) is 0.889. The van der Waals surface area contributed by atoms with E-state index < -0.39 is 0 Å². The van der Waals surface area contributed by atoms with Gasteiger partial charge in [0.15, 0.2) is 0 Å². The molecule has 1 fully saturated rings. The predicted octanol–water partition coefficient (Wildman–Crippen LogP) is 3.30. The Balaban J connectivity index is 1.73. The van der Waals surface area contributed by atoms with Crippen molar-refractivity contribution in [2.24, 2.45) is 5.92 Å². The molecule has 1 aliphatic carbocycles. The second-order valence-corrected chi connectivity index (χ2v) is 5.86. The van der Waals surface area contributed by atoms with E-state index in [1.807, 2.05) is 0 Å². The molecule has 0 bridgehead atoms. The number of rotatable bonds is 6. The lowest BCUT2D eigenvalue weighted by Gasteiger charge is -2.12. The molecule has 25 heavy (non-hydrogen) atoms. The maximum Gasteiger partial charge on any atom is 0.259 e. The quantitative estimate of drug-likeness (QED) is 0.846. The minimum atomic E-state index is -0.301. The van der Waals surface area contributed by atoms with E-state index in [1.54, 1.807) is 49.6 Å². The van der Waals surface area contributed by atoms with Crippen LogP contribution in [-0.4, -0.2) is 26.0 Å². The largest absolute Gasteiger partial charge is 0.497 e. The number of anilines is 2. The van der Waals surface area contributed by atoms with Gasteiger partial charge in [0.05, 0.1) is 19.8 Å². The number of amides is 2. The molecule has 6 heteroatoms. The normalized spacial score (nSPS) is 13.0. The molecule has 1 aliphatic rings. The Morgan fingerprint density at radius 3 is 2.32 bits per heavy atom. The molecule has 0 radical (unpaired) electrons. The van der Waals surface area contributed by atoms with E-state index in [1.165, 1.54) is 7.11 Å². The Kier molecular flexibility index (Phi) is 4.88. The van der Waals surface area contributed by atoms with Crippen LogP contribution >= 0.6 is 0 Å². The van der Waals surface area contributed by atoms with Crippen molar-refractivity contribution in [2.75, 3.05) is 24.9 Å². The van der Waals surface area contributed by atoms with Crippen molar-refractivity contribution in [1.29, 1.82) is 0 Å². The third-order valence-electron chi connectivity index (χ3n) is 3.99. The van der Waals surface area contributed by atoms with E-state index in [9.17, 15) is 9.59 Å². The summed E-state index contributed by atoms with van der Waals surface area (Å²) in [4.78, 5) is 24.4. The summed E-state index contributed by atoms with van der Waals surface area (Å²) in [6.45, 7) is 0. The van der Waals surface area contributed by atoms with Crippen LogP contribution < -0.4 is 20.1 Å². The molecule has 0 heterocycles. The van der Waals surface area contributed by atoms with E-state index >= 15 is 0 Å². The Morgan fingerprint density at radius 1 is 0.960 bits per heavy atom. The molecule has 0 aromatic heterocycles. The van der Waals surface area contributed by atoms with E-state index in [0.717, 1.165) is 12.8 Å². The van der Waals surface area contributed by atoms with Gasteiger partial charge in [-0.05, 0) is 43.2 Å². The number of nitrogens with one attached hydrogen (secondary N) is 2. The number of ether oxygens (including phenoxy) is 2. The van der Waals surface area contributed by atoms with Gasteiger partial charge in [-0.15, -0.1) is 0 Å². The molecule has 2 N–H and O–H groups in total. The maximum atomic E-state index is 12.5. The summed E-state index contributed by atoms with van der Waals surface area (Å²) in [7, 11) is 3.05. The lowest BCUT2D eigenvalue weighted by Crippen LogP contribution is -2.15. The van der Waals surface area contributed by atoms with E-state index in [-0.39, 0.29) is 17.7 Å². The van der Waals surface area contributed by atoms with Crippen LogP contribution in [0.1, 0.15) is 23.2 Å². The highest BCUT2D eigenvalue weighted by molar-refractivity contribution is 6.06. The Morgan fingerprint density at radius 2 is 1.68 bits per heavy atom. The van der Waals surface area contributed by atoms with Crippen LogP contribution in [0.15, 0.2) is 42.5 Å². The third-order valence-corrected chi connectivity index (χ3v) is 3.99. The van der Waals surface area contributed by atoms with Crippen LogP contribution in [0.4, 0.5) is 11.4 Å². The van der Waals surface area contributed by atoms with Crippen molar-refractivity contribution in [3.63, 3.8) is 0 Å². The lowest BCUT2D eigenvalue weighted by atomic mass is 10.1. The van der Waals surface area contributed by atoms with E-state index in [2.05, 4.69) is 10.6 Å². The first kappa shape index (κ1) is 16.8. The van der Waals surface area contributed by atoms with Crippen LogP contribution in [0.5, 0.6) is 11.5 Å². The summed E-state index contributed by atoms with van der Waals surface area (Å²) in [6.07, 6.45) is 1.89. The van der Waals surface area contributed by atoms with Crippen LogP contribution in [0.25, 0.3) is 0 Å². The van der Waals surface area contributed by atoms with Gasteiger partial charge in [-0.2, -0.15) is 0 Å². The summed E-state index contributed by atoms with van der Waals surface area (Å²) in [5, 5.41) is 5.68. The van der Waals surface area contributed by atoms with Gasteiger partial charge in [-0.1, -0.05) is 6.07 Å². The molecule has 0 saturated heterocycles. The number of benzene rings is 2. The Bertz CT molecular complexity index is 800. The Hall–Kier alpha value is -3.02. The molecule has 3 rings (SSSR count). The molecule has 0 unspecified atom stereocenters. The number of carbonyl (C=O) groups is 2. The lowest BCUT2D eigenvalue weighted by molar-refractivity contribution is -0.117. The monoisotopic (exact) mass is 340 g/mol. The molecule has 0 aliphatic heterocycles. The van der Waals surface area contributed by atoms with Crippen molar-refractivity contribution in [3.8, 4) is 11.5 Å². The Labute approximate surface area is 146 Å². The second kappa shape index (κ2) is 7.25. The standard InChI is InChI=1S/C19H20N2O4/c1-24-15-8-9-16(17(11-15)25-2)19(23)21-14-5-3-4-13(10-14)20-18(22)12-6-7-12/h3-5,8-12H,6-7H2,1-2H3,(H,20,22)(H,21,23). The summed E-state index contributed by atoms with van der Waals surface area (Å²) in [5.41, 5.74) is 1.66. The molecular formula is C19H20N2O4. The van der Waals surface area contributed by atoms with Gasteiger partial charge in [0, 0.05) is 23.4 Å². The van der Waals surface area contributed by atoms with Crippen molar-refractivity contribution in [1.82, 2.24) is 0 Å². The minimum absolute atomic E-state index is 0.0281. The summed E-state index contributed by atoms with van der Waals surface area (Å²) in [6, 6.07) is 12.1. The minimum Gasteiger partial charge on any atom is -0.497 e. The van der Waals surface area contributed by atoms with Crippen molar-refractivity contribution in [3.05, 3.63) is 48.0 Å². The fourth-order valence-corrected chi connectivity index (χ4v) is 2.45. The maximum absolute atomic E-state index is 12.5. The molecular weight excluding hydrogens is 320 g/mol. The first-order valence-corrected chi connectivity index (χ1v) is 8.05. The zero-order chi connectivity index (χ0) is 17.8. The van der Waals surface area contributed by atoms with E-state index in [0.29, 0.717) is 28.4 Å². The van der Waals surface area contributed by atoms with Crippen LogP contribution in [0.2, 0.25) is 0 Å². The van der Waals surface area contributed by atoms with Gasteiger partial charge >= 0.3 is 0 Å². The summed E-state index contributed by atoms with van der Waals surface area (Å²) >= 11 is 0. The fourth-order valence-electron chi connectivity index (χ4n) is 2.45. The zero-order valence-electron chi connectivity index (χ0n) is 14.2. The van der Waals surface area contributed by atoms with Crippen molar-refractivity contribution in [2.45, 2.75) is 12.8 Å². The third kappa shape index (κ3) is 4.09. The molecule has 130 valence electrons. The highest BCUT2D eigenvalue weighted by Gasteiger charge is 2.29. The van der Waals surface area contributed by atoms with E-state index in [4.69, 9.17) is 9.47 Å². The molecule has 2 amide bonds. The molecule has 1 saturated carbocycles.